The largest absolute Gasteiger partial charge is 0.497 e. The summed E-state index contributed by atoms with van der Waals surface area (Å²) in [5.74, 6) is -0.340. The van der Waals surface area contributed by atoms with E-state index in [1.54, 1.807) is 25.3 Å². The minimum absolute atomic E-state index is 0.00130. The van der Waals surface area contributed by atoms with Gasteiger partial charge >= 0.3 is 5.97 Å². The average molecular weight is 271 g/mol. The molecule has 0 aromatic heterocycles. The molecule has 2 aromatic rings. The van der Waals surface area contributed by atoms with Crippen LogP contribution in [0.3, 0.4) is 0 Å². The molecule has 4 heteroatoms. The highest BCUT2D eigenvalue weighted by atomic mass is 16.5. The first-order valence-corrected chi connectivity index (χ1v) is 6.34. The van der Waals surface area contributed by atoms with E-state index in [1.807, 2.05) is 37.3 Å². The fraction of sp³-hybridized carbons (Fsp3) is 0.188. The molecule has 0 aliphatic carbocycles. The Bertz CT molecular complexity index is 596. The van der Waals surface area contributed by atoms with Gasteiger partial charge < -0.3 is 15.2 Å². The third kappa shape index (κ3) is 3.09. The zero-order chi connectivity index (χ0) is 14.5. The van der Waals surface area contributed by atoms with Gasteiger partial charge in [0.25, 0.3) is 0 Å². The summed E-state index contributed by atoms with van der Waals surface area (Å²) in [6.45, 7) is 1.99. The molecule has 2 N–H and O–H groups in total. The van der Waals surface area contributed by atoms with Crippen LogP contribution in [-0.4, -0.2) is 18.2 Å². The first-order valence-electron chi connectivity index (χ1n) is 6.34. The van der Waals surface area contributed by atoms with Crippen molar-refractivity contribution in [3.63, 3.8) is 0 Å². The van der Waals surface area contributed by atoms with Gasteiger partial charge in [-0.25, -0.2) is 4.79 Å². The molecule has 2 aromatic carbocycles. The molecule has 4 nitrogen and oxygen atoms in total. The van der Waals surface area contributed by atoms with Crippen LogP contribution in [0, 0.1) is 0 Å². The number of rotatable bonds is 5. The van der Waals surface area contributed by atoms with Gasteiger partial charge in [-0.15, -0.1) is 0 Å². The van der Waals surface area contributed by atoms with Crippen LogP contribution in [0.1, 0.15) is 28.9 Å². The standard InChI is InChI=1S/C16H17NO3/c1-11(12-6-4-3-5-7-12)17-15-10-13(20-2)8-9-14(15)16(18)19/h3-11,17H,1-2H3,(H,18,19). The van der Waals surface area contributed by atoms with Crippen molar-refractivity contribution in [2.75, 3.05) is 12.4 Å². The molecule has 104 valence electrons. The first kappa shape index (κ1) is 13.9. The SMILES string of the molecule is COc1ccc(C(=O)O)c(NC(C)c2ccccc2)c1. The number of carboxylic acids is 1. The Kier molecular flexibility index (Phi) is 4.25. The summed E-state index contributed by atoms with van der Waals surface area (Å²) < 4.78 is 5.14. The number of nitrogens with one attached hydrogen (secondary N) is 1. The van der Waals surface area contributed by atoms with Gasteiger partial charge in [-0.05, 0) is 24.6 Å². The molecule has 0 fully saturated rings. The highest BCUT2D eigenvalue weighted by Crippen LogP contribution is 2.26. The maximum Gasteiger partial charge on any atom is 0.337 e. The lowest BCUT2D eigenvalue weighted by Gasteiger charge is -2.18. The quantitative estimate of drug-likeness (QED) is 0.872. The van der Waals surface area contributed by atoms with Crippen LogP contribution in [0.5, 0.6) is 5.75 Å². The van der Waals surface area contributed by atoms with Gasteiger partial charge in [0, 0.05) is 12.1 Å². The van der Waals surface area contributed by atoms with Crippen LogP contribution in [0.4, 0.5) is 5.69 Å². The Labute approximate surface area is 118 Å². The fourth-order valence-electron chi connectivity index (χ4n) is 2.01. The van der Waals surface area contributed by atoms with Crippen LogP contribution < -0.4 is 10.1 Å². The van der Waals surface area contributed by atoms with Crippen molar-refractivity contribution in [3.05, 3.63) is 59.7 Å². The van der Waals surface area contributed by atoms with E-state index >= 15 is 0 Å². The number of hydrogen-bond acceptors (Lipinski definition) is 3. The highest BCUT2D eigenvalue weighted by molar-refractivity contribution is 5.94. The Balaban J connectivity index is 2.29. The lowest BCUT2D eigenvalue weighted by atomic mass is 10.1. The summed E-state index contributed by atoms with van der Waals surface area (Å²) >= 11 is 0. The monoisotopic (exact) mass is 271 g/mol. The molecule has 0 amide bonds. The van der Waals surface area contributed by atoms with E-state index in [0.717, 1.165) is 5.56 Å². The smallest absolute Gasteiger partial charge is 0.337 e. The maximum absolute atomic E-state index is 11.3. The Morgan fingerprint density at radius 1 is 1.20 bits per heavy atom. The first-order chi connectivity index (χ1) is 9.61. The van der Waals surface area contributed by atoms with Gasteiger partial charge in [0.15, 0.2) is 0 Å². The zero-order valence-corrected chi connectivity index (χ0v) is 11.5. The second kappa shape index (κ2) is 6.10. The van der Waals surface area contributed by atoms with Gasteiger partial charge in [-0.3, -0.25) is 0 Å². The van der Waals surface area contributed by atoms with Crippen LogP contribution in [-0.2, 0) is 0 Å². The summed E-state index contributed by atoms with van der Waals surface area (Å²) in [6, 6.07) is 14.7. The van der Waals surface area contributed by atoms with Crippen molar-refractivity contribution in [2.45, 2.75) is 13.0 Å². The molecule has 20 heavy (non-hydrogen) atoms. The topological polar surface area (TPSA) is 58.6 Å². The zero-order valence-electron chi connectivity index (χ0n) is 11.5. The van der Waals surface area contributed by atoms with Gasteiger partial charge in [-0.1, -0.05) is 30.3 Å². The Morgan fingerprint density at radius 3 is 2.50 bits per heavy atom. The van der Waals surface area contributed by atoms with Crippen LogP contribution in [0.2, 0.25) is 0 Å². The number of methoxy groups -OCH3 is 1. The van der Waals surface area contributed by atoms with Gasteiger partial charge in [-0.2, -0.15) is 0 Å². The minimum atomic E-state index is -0.963. The molecule has 0 bridgehead atoms. The van der Waals surface area contributed by atoms with E-state index in [0.29, 0.717) is 11.4 Å². The molecule has 0 radical (unpaired) electrons. The molecular formula is C16H17NO3. The van der Waals surface area contributed by atoms with E-state index in [4.69, 9.17) is 4.74 Å². The van der Waals surface area contributed by atoms with Gasteiger partial charge in [0.1, 0.15) is 5.75 Å². The van der Waals surface area contributed by atoms with Crippen molar-refractivity contribution < 1.29 is 14.6 Å². The van der Waals surface area contributed by atoms with E-state index in [-0.39, 0.29) is 11.6 Å². The predicted octanol–water partition coefficient (Wildman–Crippen LogP) is 3.57. The maximum atomic E-state index is 11.3. The molecule has 2 rings (SSSR count). The molecule has 0 spiro atoms. The second-order valence-corrected chi connectivity index (χ2v) is 4.49. The Morgan fingerprint density at radius 2 is 1.90 bits per heavy atom. The summed E-state index contributed by atoms with van der Waals surface area (Å²) in [5, 5.41) is 12.5. The normalized spacial score (nSPS) is 11.7. The molecule has 0 saturated carbocycles. The third-order valence-electron chi connectivity index (χ3n) is 3.13. The van der Waals surface area contributed by atoms with Gasteiger partial charge in [0.05, 0.1) is 18.4 Å². The Hall–Kier alpha value is -2.49. The molecule has 0 heterocycles. The van der Waals surface area contributed by atoms with E-state index in [9.17, 15) is 9.90 Å². The average Bonchev–Trinajstić information content (AvgIpc) is 2.47. The van der Waals surface area contributed by atoms with Crippen molar-refractivity contribution in [3.8, 4) is 5.75 Å². The lowest BCUT2D eigenvalue weighted by molar-refractivity contribution is 0.0698. The third-order valence-corrected chi connectivity index (χ3v) is 3.13. The van der Waals surface area contributed by atoms with E-state index < -0.39 is 5.97 Å². The van der Waals surface area contributed by atoms with E-state index in [1.165, 1.54) is 0 Å². The summed E-state index contributed by atoms with van der Waals surface area (Å²) in [7, 11) is 1.56. The molecule has 1 unspecified atom stereocenters. The van der Waals surface area contributed by atoms with Crippen molar-refractivity contribution >= 4 is 11.7 Å². The molecule has 0 aliphatic rings. The minimum Gasteiger partial charge on any atom is -0.497 e. The lowest BCUT2D eigenvalue weighted by Crippen LogP contribution is -2.10. The second-order valence-electron chi connectivity index (χ2n) is 4.49. The number of carboxylic acid groups (broad SMARTS) is 1. The number of benzene rings is 2. The summed E-state index contributed by atoms with van der Waals surface area (Å²) in [6.07, 6.45) is 0. The highest BCUT2D eigenvalue weighted by Gasteiger charge is 2.13. The number of hydrogen-bond donors (Lipinski definition) is 2. The number of carbonyl (C=O) groups is 1. The number of ether oxygens (including phenoxy) is 1. The van der Waals surface area contributed by atoms with Crippen molar-refractivity contribution in [1.29, 1.82) is 0 Å². The van der Waals surface area contributed by atoms with Crippen LogP contribution >= 0.6 is 0 Å². The summed E-state index contributed by atoms with van der Waals surface area (Å²) in [4.78, 5) is 11.3. The molecular weight excluding hydrogens is 254 g/mol. The molecule has 1 atom stereocenters. The van der Waals surface area contributed by atoms with Crippen LogP contribution in [0.15, 0.2) is 48.5 Å². The van der Waals surface area contributed by atoms with Crippen molar-refractivity contribution in [2.24, 2.45) is 0 Å². The molecule has 0 saturated heterocycles. The number of aromatic carboxylic acids is 1. The summed E-state index contributed by atoms with van der Waals surface area (Å²) in [5.41, 5.74) is 1.87. The van der Waals surface area contributed by atoms with Gasteiger partial charge in [0.2, 0.25) is 0 Å². The van der Waals surface area contributed by atoms with E-state index in [2.05, 4.69) is 5.32 Å². The predicted molar refractivity (Wildman–Crippen MR) is 78.4 cm³/mol. The number of anilines is 1. The molecule has 0 aliphatic heterocycles. The van der Waals surface area contributed by atoms with Crippen LogP contribution in [0.25, 0.3) is 0 Å². The van der Waals surface area contributed by atoms with Crippen molar-refractivity contribution in [1.82, 2.24) is 0 Å². The fourth-order valence-corrected chi connectivity index (χ4v) is 2.01.